The quantitative estimate of drug-likeness (QED) is 0.333. The van der Waals surface area contributed by atoms with Gasteiger partial charge < -0.3 is 5.21 Å². The normalized spacial score (nSPS) is 10.0. The average molecular weight is 216 g/mol. The minimum absolute atomic E-state index is 0.191. The molecule has 0 saturated heterocycles. The highest BCUT2D eigenvalue weighted by molar-refractivity contribution is 5.71. The van der Waals surface area contributed by atoms with Crippen molar-refractivity contribution < 1.29 is 9.65 Å². The van der Waals surface area contributed by atoms with Gasteiger partial charge >= 0.3 is 5.69 Å². The smallest absolute Gasteiger partial charge is 0.341 e. The molecule has 1 aromatic carbocycles. The monoisotopic (exact) mass is 216 g/mol. The second-order valence-corrected chi connectivity index (χ2v) is 3.23. The molecule has 0 unspecified atom stereocenters. The maximum Gasteiger partial charge on any atom is 0.341 e. The summed E-state index contributed by atoms with van der Waals surface area (Å²) >= 11 is 0. The van der Waals surface area contributed by atoms with Crippen molar-refractivity contribution in [3.63, 3.8) is 0 Å². The Labute approximate surface area is 91.3 Å². The zero-order valence-electron chi connectivity index (χ0n) is 8.24. The van der Waals surface area contributed by atoms with Gasteiger partial charge in [0.1, 0.15) is 0 Å². The molecule has 2 rings (SSSR count). The fraction of sp³-hybridized carbons (Fsp3) is 0. The minimum Gasteiger partial charge on any atom is -0.619 e. The Morgan fingerprint density at radius 3 is 2.44 bits per heavy atom. The summed E-state index contributed by atoms with van der Waals surface area (Å²) in [5.74, 6) is 0. The molecule has 0 aliphatic heterocycles. The maximum atomic E-state index is 11.0. The van der Waals surface area contributed by atoms with Crippen LogP contribution in [0, 0.1) is 15.3 Å². The Kier molecular flexibility index (Phi) is 2.51. The Morgan fingerprint density at radius 2 is 1.81 bits per heavy atom. The fourth-order valence-electron chi connectivity index (χ4n) is 1.47. The number of nitrogens with zero attached hydrogens (tertiary/aromatic N) is 2. The molecule has 5 heteroatoms. The molecular weight excluding hydrogens is 208 g/mol. The van der Waals surface area contributed by atoms with E-state index in [4.69, 9.17) is 0 Å². The van der Waals surface area contributed by atoms with Crippen molar-refractivity contribution in [1.29, 1.82) is 0 Å². The van der Waals surface area contributed by atoms with E-state index in [1.54, 1.807) is 24.3 Å². The van der Waals surface area contributed by atoms with Gasteiger partial charge in [0.25, 0.3) is 6.20 Å². The zero-order chi connectivity index (χ0) is 11.5. The van der Waals surface area contributed by atoms with E-state index in [0.717, 1.165) is 11.8 Å². The molecule has 1 aromatic heterocycles. The van der Waals surface area contributed by atoms with Crippen LogP contribution in [0.25, 0.3) is 11.1 Å². The van der Waals surface area contributed by atoms with Gasteiger partial charge in [0.15, 0.2) is 6.20 Å². The second kappa shape index (κ2) is 3.98. The lowest BCUT2D eigenvalue weighted by Gasteiger charge is -2.02. The van der Waals surface area contributed by atoms with Gasteiger partial charge in [0.2, 0.25) is 0 Å². The van der Waals surface area contributed by atoms with E-state index >= 15 is 0 Å². The molecule has 1 heterocycles. The van der Waals surface area contributed by atoms with Gasteiger partial charge in [-0.2, -0.15) is 4.73 Å². The lowest BCUT2D eigenvalue weighted by Crippen LogP contribution is -2.24. The lowest BCUT2D eigenvalue weighted by atomic mass is 10.1. The molecule has 80 valence electrons. The summed E-state index contributed by atoms with van der Waals surface area (Å²) in [5.41, 5.74) is 0.969. The van der Waals surface area contributed by atoms with Gasteiger partial charge in [-0.05, 0) is 5.56 Å². The molecule has 0 aliphatic carbocycles. The van der Waals surface area contributed by atoms with Crippen molar-refractivity contribution in [1.82, 2.24) is 0 Å². The highest BCUT2D eigenvalue weighted by atomic mass is 16.6. The summed E-state index contributed by atoms with van der Waals surface area (Å²) in [5, 5.41) is 21.8. The van der Waals surface area contributed by atoms with Crippen LogP contribution in [-0.2, 0) is 0 Å². The average Bonchev–Trinajstić information content (AvgIpc) is 2.30. The molecule has 2 aromatic rings. The van der Waals surface area contributed by atoms with E-state index in [0.29, 0.717) is 10.3 Å². The molecule has 16 heavy (non-hydrogen) atoms. The van der Waals surface area contributed by atoms with Crippen molar-refractivity contribution in [3.8, 4) is 11.1 Å². The Hall–Kier alpha value is -2.43. The zero-order valence-corrected chi connectivity index (χ0v) is 8.24. The molecule has 0 radical (unpaired) electrons. The summed E-state index contributed by atoms with van der Waals surface area (Å²) in [6, 6.07) is 10.4. The van der Waals surface area contributed by atoms with Crippen LogP contribution in [0.4, 0.5) is 5.69 Å². The topological polar surface area (TPSA) is 70.1 Å². The molecule has 0 N–H and O–H groups in total. The van der Waals surface area contributed by atoms with Crippen molar-refractivity contribution in [2.24, 2.45) is 0 Å². The van der Waals surface area contributed by atoms with E-state index in [1.165, 1.54) is 12.3 Å². The Bertz CT molecular complexity index is 526. The molecule has 5 nitrogen and oxygen atoms in total. The van der Waals surface area contributed by atoms with E-state index in [9.17, 15) is 15.3 Å². The number of nitro groups is 1. The molecule has 0 fully saturated rings. The highest BCUT2D eigenvalue weighted by Gasteiger charge is 2.18. The number of rotatable bonds is 2. The number of benzene rings is 1. The predicted molar refractivity (Wildman–Crippen MR) is 57.5 cm³/mol. The number of hydrogen-bond donors (Lipinski definition) is 0. The first kappa shape index (κ1) is 10.1. The van der Waals surface area contributed by atoms with Gasteiger partial charge in [-0.3, -0.25) is 10.1 Å². The van der Waals surface area contributed by atoms with Gasteiger partial charge in [0.05, 0.1) is 10.5 Å². The largest absolute Gasteiger partial charge is 0.619 e. The highest BCUT2D eigenvalue weighted by Crippen LogP contribution is 2.27. The van der Waals surface area contributed by atoms with Crippen LogP contribution in [0.15, 0.2) is 48.8 Å². The maximum absolute atomic E-state index is 11.0. The molecular formula is C11H8N2O3. The van der Waals surface area contributed by atoms with Crippen LogP contribution in [-0.4, -0.2) is 4.92 Å². The third-order valence-corrected chi connectivity index (χ3v) is 2.20. The van der Waals surface area contributed by atoms with E-state index < -0.39 is 4.92 Å². The van der Waals surface area contributed by atoms with E-state index in [2.05, 4.69) is 0 Å². The van der Waals surface area contributed by atoms with Crippen LogP contribution < -0.4 is 4.73 Å². The van der Waals surface area contributed by atoms with Crippen LogP contribution in [0.5, 0.6) is 0 Å². The summed E-state index contributed by atoms with van der Waals surface area (Å²) in [6.07, 6.45) is 2.21. The van der Waals surface area contributed by atoms with Crippen molar-refractivity contribution in [3.05, 3.63) is 64.1 Å². The second-order valence-electron chi connectivity index (χ2n) is 3.23. The Balaban J connectivity index is 2.61. The molecule has 0 spiro atoms. The first-order valence-electron chi connectivity index (χ1n) is 4.61. The summed E-state index contributed by atoms with van der Waals surface area (Å²) in [4.78, 5) is 10.2. The molecule has 0 aliphatic rings. The van der Waals surface area contributed by atoms with Crippen LogP contribution >= 0.6 is 0 Å². The molecule has 0 amide bonds. The fourth-order valence-corrected chi connectivity index (χ4v) is 1.47. The summed E-state index contributed by atoms with van der Waals surface area (Å²) in [7, 11) is 0. The number of hydrogen-bond acceptors (Lipinski definition) is 3. The lowest BCUT2D eigenvalue weighted by molar-refractivity contribution is -0.609. The third-order valence-electron chi connectivity index (χ3n) is 2.20. The van der Waals surface area contributed by atoms with E-state index in [1.807, 2.05) is 6.07 Å². The predicted octanol–water partition coefficient (Wildman–Crippen LogP) is 1.90. The summed E-state index contributed by atoms with van der Waals surface area (Å²) in [6.45, 7) is 0. The van der Waals surface area contributed by atoms with Gasteiger partial charge in [-0.25, -0.2) is 0 Å². The number of pyridine rings is 1. The van der Waals surface area contributed by atoms with E-state index in [-0.39, 0.29) is 5.69 Å². The van der Waals surface area contributed by atoms with Crippen molar-refractivity contribution in [2.75, 3.05) is 0 Å². The number of aromatic nitrogens is 1. The molecule has 0 atom stereocenters. The van der Waals surface area contributed by atoms with Gasteiger partial charge in [-0.15, -0.1) is 0 Å². The minimum atomic E-state index is -0.559. The third kappa shape index (κ3) is 1.83. The first-order valence-corrected chi connectivity index (χ1v) is 4.61. The van der Waals surface area contributed by atoms with Gasteiger partial charge in [-0.1, -0.05) is 30.3 Å². The van der Waals surface area contributed by atoms with Crippen molar-refractivity contribution >= 4 is 5.69 Å². The first-order chi connectivity index (χ1) is 7.68. The van der Waals surface area contributed by atoms with Crippen LogP contribution in [0.2, 0.25) is 0 Å². The van der Waals surface area contributed by atoms with Crippen LogP contribution in [0.1, 0.15) is 0 Å². The standard InChI is InChI=1S/C11H8N2O3/c14-12-7-6-10(11(8-12)13(15)16)9-4-2-1-3-5-9/h1-8H. The SMILES string of the molecule is O=[N+]([O-])c1c[n+]([O-])ccc1-c1ccccc1. The molecule has 0 bridgehead atoms. The summed E-state index contributed by atoms with van der Waals surface area (Å²) < 4.78 is 0.421. The van der Waals surface area contributed by atoms with Crippen LogP contribution in [0.3, 0.4) is 0 Å². The molecule has 0 saturated carbocycles. The Morgan fingerprint density at radius 1 is 1.12 bits per heavy atom. The van der Waals surface area contributed by atoms with Gasteiger partial charge in [0, 0.05) is 6.07 Å². The van der Waals surface area contributed by atoms with Crippen molar-refractivity contribution in [2.45, 2.75) is 0 Å².